The number of anilines is 1. The molecule has 108 valence electrons. The standard InChI is InChI=1S/C13H20N6O/c1-13(8-14)3-5-19(6-4-13)12-16-10-9(7-15-17-10)11(20)18(12)2/h7H,3-6,8,14H2,1-2H3,(H,15,17). The number of hydrogen-bond donors (Lipinski definition) is 2. The number of nitrogens with two attached hydrogens (primary N) is 1. The maximum atomic E-state index is 12.3. The van der Waals surface area contributed by atoms with Crippen molar-refractivity contribution in [3.8, 4) is 0 Å². The Morgan fingerprint density at radius 2 is 2.15 bits per heavy atom. The number of piperidine rings is 1. The lowest BCUT2D eigenvalue weighted by Crippen LogP contribution is -2.44. The summed E-state index contributed by atoms with van der Waals surface area (Å²) in [6.07, 6.45) is 3.55. The van der Waals surface area contributed by atoms with Crippen LogP contribution in [0.4, 0.5) is 5.95 Å². The van der Waals surface area contributed by atoms with Gasteiger partial charge < -0.3 is 10.6 Å². The van der Waals surface area contributed by atoms with Crippen LogP contribution in [0.5, 0.6) is 0 Å². The molecule has 0 atom stereocenters. The average Bonchev–Trinajstić information content (AvgIpc) is 2.92. The smallest absolute Gasteiger partial charge is 0.265 e. The second kappa shape index (κ2) is 4.59. The summed E-state index contributed by atoms with van der Waals surface area (Å²) in [6.45, 7) is 4.66. The Kier molecular flexibility index (Phi) is 3.01. The summed E-state index contributed by atoms with van der Waals surface area (Å²) in [7, 11) is 1.76. The maximum Gasteiger partial charge on any atom is 0.265 e. The van der Waals surface area contributed by atoms with Crippen molar-refractivity contribution >= 4 is 17.0 Å². The fourth-order valence-electron chi connectivity index (χ4n) is 2.70. The number of nitrogens with zero attached hydrogens (tertiary/aromatic N) is 4. The predicted octanol–water partition coefficient (Wildman–Crippen LogP) is 0.222. The number of nitrogens with one attached hydrogen (secondary N) is 1. The van der Waals surface area contributed by atoms with Crippen LogP contribution in [0, 0.1) is 5.41 Å². The first-order valence-corrected chi connectivity index (χ1v) is 6.89. The third kappa shape index (κ3) is 1.98. The van der Waals surface area contributed by atoms with E-state index in [9.17, 15) is 4.79 Å². The molecule has 20 heavy (non-hydrogen) atoms. The Morgan fingerprint density at radius 3 is 2.80 bits per heavy atom. The van der Waals surface area contributed by atoms with Gasteiger partial charge in [-0.05, 0) is 24.8 Å². The quantitative estimate of drug-likeness (QED) is 0.818. The SMILES string of the molecule is Cn1c(N2CCC(C)(CN)CC2)nc2[nH]ncc2c1=O. The van der Waals surface area contributed by atoms with Crippen molar-refractivity contribution in [1.29, 1.82) is 0 Å². The van der Waals surface area contributed by atoms with Crippen LogP contribution in [0.15, 0.2) is 11.0 Å². The van der Waals surface area contributed by atoms with Gasteiger partial charge in [0, 0.05) is 20.1 Å². The molecule has 1 saturated heterocycles. The zero-order chi connectivity index (χ0) is 14.3. The van der Waals surface area contributed by atoms with E-state index in [1.807, 2.05) is 0 Å². The summed E-state index contributed by atoms with van der Waals surface area (Å²) < 4.78 is 1.60. The van der Waals surface area contributed by atoms with Crippen LogP contribution in [0.25, 0.3) is 11.0 Å². The van der Waals surface area contributed by atoms with Crippen LogP contribution in [-0.4, -0.2) is 39.4 Å². The van der Waals surface area contributed by atoms with E-state index >= 15 is 0 Å². The number of aromatic amines is 1. The van der Waals surface area contributed by atoms with Crippen LogP contribution in [-0.2, 0) is 7.05 Å². The van der Waals surface area contributed by atoms with E-state index in [1.165, 1.54) is 6.20 Å². The van der Waals surface area contributed by atoms with E-state index in [0.717, 1.165) is 25.9 Å². The summed E-state index contributed by atoms with van der Waals surface area (Å²) in [5.41, 5.74) is 6.52. The zero-order valence-electron chi connectivity index (χ0n) is 11.9. The van der Waals surface area contributed by atoms with Crippen LogP contribution < -0.4 is 16.2 Å². The van der Waals surface area contributed by atoms with Gasteiger partial charge in [-0.2, -0.15) is 10.1 Å². The molecule has 2 aromatic heterocycles. The third-order valence-corrected chi connectivity index (χ3v) is 4.41. The van der Waals surface area contributed by atoms with Gasteiger partial charge in [-0.15, -0.1) is 0 Å². The van der Waals surface area contributed by atoms with E-state index in [-0.39, 0.29) is 11.0 Å². The Balaban J connectivity index is 1.95. The molecule has 7 nitrogen and oxygen atoms in total. The summed E-state index contributed by atoms with van der Waals surface area (Å²) >= 11 is 0. The Morgan fingerprint density at radius 1 is 1.45 bits per heavy atom. The minimum absolute atomic E-state index is 0.0640. The largest absolute Gasteiger partial charge is 0.342 e. The lowest BCUT2D eigenvalue weighted by molar-refractivity contribution is 0.256. The molecule has 3 heterocycles. The predicted molar refractivity (Wildman–Crippen MR) is 77.7 cm³/mol. The summed E-state index contributed by atoms with van der Waals surface area (Å²) in [6, 6.07) is 0. The molecule has 1 fully saturated rings. The van der Waals surface area contributed by atoms with Crippen molar-refractivity contribution in [2.75, 3.05) is 24.5 Å². The molecule has 3 rings (SSSR count). The summed E-state index contributed by atoms with van der Waals surface area (Å²) in [5.74, 6) is 0.700. The van der Waals surface area contributed by atoms with Crippen LogP contribution in [0.3, 0.4) is 0 Å². The van der Waals surface area contributed by atoms with Crippen molar-refractivity contribution in [1.82, 2.24) is 19.7 Å². The number of H-pyrrole nitrogens is 1. The van der Waals surface area contributed by atoms with Crippen LogP contribution in [0.1, 0.15) is 19.8 Å². The summed E-state index contributed by atoms with van der Waals surface area (Å²) in [5, 5.41) is 7.19. The van der Waals surface area contributed by atoms with E-state index in [2.05, 4.69) is 27.0 Å². The molecule has 3 N–H and O–H groups in total. The highest BCUT2D eigenvalue weighted by Gasteiger charge is 2.30. The lowest BCUT2D eigenvalue weighted by atomic mass is 9.81. The average molecular weight is 276 g/mol. The normalized spacial score (nSPS) is 18.6. The van der Waals surface area contributed by atoms with Gasteiger partial charge >= 0.3 is 0 Å². The highest BCUT2D eigenvalue weighted by Crippen LogP contribution is 2.31. The van der Waals surface area contributed by atoms with Crippen molar-refractivity contribution in [3.63, 3.8) is 0 Å². The molecular formula is C13H20N6O. The van der Waals surface area contributed by atoms with Crippen molar-refractivity contribution < 1.29 is 0 Å². The van der Waals surface area contributed by atoms with Gasteiger partial charge in [0.1, 0.15) is 5.39 Å². The molecule has 0 aromatic carbocycles. The van der Waals surface area contributed by atoms with E-state index < -0.39 is 0 Å². The molecular weight excluding hydrogens is 256 g/mol. The Labute approximate surface area is 116 Å². The number of hydrogen-bond acceptors (Lipinski definition) is 5. The molecule has 0 radical (unpaired) electrons. The second-order valence-electron chi connectivity index (χ2n) is 5.91. The number of fused-ring (bicyclic) bond motifs is 1. The lowest BCUT2D eigenvalue weighted by Gasteiger charge is -2.39. The Bertz CT molecular complexity index is 680. The number of rotatable bonds is 2. The van der Waals surface area contributed by atoms with Gasteiger partial charge in [-0.3, -0.25) is 14.5 Å². The van der Waals surface area contributed by atoms with E-state index in [0.29, 0.717) is 23.5 Å². The third-order valence-electron chi connectivity index (χ3n) is 4.41. The monoisotopic (exact) mass is 276 g/mol. The van der Waals surface area contributed by atoms with Crippen molar-refractivity contribution in [3.05, 3.63) is 16.6 Å². The van der Waals surface area contributed by atoms with Gasteiger partial charge in [-0.1, -0.05) is 6.92 Å². The van der Waals surface area contributed by atoms with Gasteiger partial charge in [0.05, 0.1) is 6.20 Å². The maximum absolute atomic E-state index is 12.3. The second-order valence-corrected chi connectivity index (χ2v) is 5.91. The first-order valence-electron chi connectivity index (χ1n) is 6.89. The topological polar surface area (TPSA) is 92.8 Å². The first kappa shape index (κ1) is 13.1. The molecule has 0 saturated carbocycles. The van der Waals surface area contributed by atoms with Gasteiger partial charge in [-0.25, -0.2) is 0 Å². The van der Waals surface area contributed by atoms with E-state index in [1.54, 1.807) is 11.6 Å². The molecule has 2 aromatic rings. The zero-order valence-corrected chi connectivity index (χ0v) is 11.9. The van der Waals surface area contributed by atoms with E-state index in [4.69, 9.17) is 5.73 Å². The van der Waals surface area contributed by atoms with Crippen LogP contribution >= 0.6 is 0 Å². The Hall–Kier alpha value is -1.89. The molecule has 1 aliphatic heterocycles. The van der Waals surface area contributed by atoms with Crippen molar-refractivity contribution in [2.24, 2.45) is 18.2 Å². The molecule has 1 aliphatic rings. The molecule has 0 bridgehead atoms. The molecule has 0 amide bonds. The highest BCUT2D eigenvalue weighted by atomic mass is 16.1. The minimum Gasteiger partial charge on any atom is -0.342 e. The molecule has 0 aliphatic carbocycles. The molecule has 7 heteroatoms. The number of aromatic nitrogens is 4. The van der Waals surface area contributed by atoms with Gasteiger partial charge in [0.15, 0.2) is 5.65 Å². The fourth-order valence-corrected chi connectivity index (χ4v) is 2.70. The molecule has 0 spiro atoms. The highest BCUT2D eigenvalue weighted by molar-refractivity contribution is 5.73. The van der Waals surface area contributed by atoms with Crippen LogP contribution in [0.2, 0.25) is 0 Å². The van der Waals surface area contributed by atoms with Crippen molar-refractivity contribution in [2.45, 2.75) is 19.8 Å². The first-order chi connectivity index (χ1) is 9.54. The fraction of sp³-hybridized carbons (Fsp3) is 0.615. The summed E-state index contributed by atoms with van der Waals surface area (Å²) in [4.78, 5) is 18.9. The molecule has 0 unspecified atom stereocenters. The minimum atomic E-state index is -0.0640. The van der Waals surface area contributed by atoms with Gasteiger partial charge in [0.2, 0.25) is 5.95 Å². The van der Waals surface area contributed by atoms with Gasteiger partial charge in [0.25, 0.3) is 5.56 Å².